The van der Waals surface area contributed by atoms with Gasteiger partial charge in [-0.25, -0.2) is 0 Å². The number of benzene rings is 1. The molecule has 0 amide bonds. The maximum atomic E-state index is 9.64. The van der Waals surface area contributed by atoms with Crippen LogP contribution in [0, 0.1) is 57.7 Å². The number of rotatable bonds is 38. The van der Waals surface area contributed by atoms with Crippen LogP contribution in [0.15, 0.2) is 36.4 Å². The van der Waals surface area contributed by atoms with Crippen molar-refractivity contribution in [3.63, 3.8) is 0 Å². The third kappa shape index (κ3) is 65.7. The Morgan fingerprint density at radius 2 is 0.484 bits per heavy atom. The summed E-state index contributed by atoms with van der Waals surface area (Å²) in [6, 6.07) is 12.0. The molecule has 0 aliphatic rings. The summed E-state index contributed by atoms with van der Waals surface area (Å²) in [5, 5.41) is 92.0. The van der Waals surface area contributed by atoms with Crippen LogP contribution in [0.4, 0.5) is 0 Å². The van der Waals surface area contributed by atoms with Crippen molar-refractivity contribution in [1.29, 1.82) is 0 Å². The third-order valence-electron chi connectivity index (χ3n) is 19.9. The average molecular weight is 1370 g/mol. The summed E-state index contributed by atoms with van der Waals surface area (Å²) in [4.78, 5) is 0. The van der Waals surface area contributed by atoms with Gasteiger partial charge in [-0.3, -0.25) is 0 Å². The zero-order valence-corrected chi connectivity index (χ0v) is 69.7. The molecule has 13 heteroatoms. The molecule has 0 aliphatic heterocycles. The van der Waals surface area contributed by atoms with Gasteiger partial charge in [0.2, 0.25) is 0 Å². The maximum absolute atomic E-state index is 9.64. The highest BCUT2D eigenvalue weighted by Crippen LogP contribution is 2.34. The standard InChI is InChI=1S/C11H24O2.C11H24O.C10H22O2.C9H20.C8H18O4.2C8H18O.C7H16O2.C6H6.2C2H6/c1-6-10(4)13-8-11(5)12-7-9(2)3;1-6-8(3)9(4)10(5)11(12)7-2;1-5-9(11)7(3)8(4)10(12)6-2;1-5-9(6-2,7-3)8-4;1-3-5(9)7(11)8(12)6(10)4-2;1-5-8(4)9-6-7(2)3;1-4-8(5-2,6-3)7-9;1-3-7(4-2,5-8)6-9;1-2-4-6-5-3-1;2*1-2/h9-11H,6-8H2,1-5H3;8-12H,6-7H2,1-5H3;7-12H,5-6H2,1-4H3;5-8H2,1-4H3;5-12H,3-4H2,1-2H3;7-8H,5-6H2,1-4H3;9H,4-7H2,1-3H3;8-9H,3-6H2,1-2H3;1-6H;2*1-2H3. The molecule has 1 aromatic rings. The second-order valence-electron chi connectivity index (χ2n) is 27.0. The molecule has 0 aliphatic carbocycles. The Bertz CT molecular complexity index is 1270. The van der Waals surface area contributed by atoms with Crippen molar-refractivity contribution in [1.82, 2.24) is 0 Å². The van der Waals surface area contributed by atoms with Crippen LogP contribution in [0.2, 0.25) is 0 Å². The van der Waals surface area contributed by atoms with E-state index in [4.69, 9.17) is 39.7 Å². The zero-order chi connectivity index (χ0) is 76.9. The molecular weight excluding hydrogens is 1190 g/mol. The van der Waals surface area contributed by atoms with E-state index in [0.717, 1.165) is 83.3 Å². The molecule has 95 heavy (non-hydrogen) atoms. The van der Waals surface area contributed by atoms with Crippen molar-refractivity contribution in [3.05, 3.63) is 36.4 Å². The summed E-state index contributed by atoms with van der Waals surface area (Å²) in [5.74, 6) is 3.43. The van der Waals surface area contributed by atoms with Gasteiger partial charge in [-0.2, -0.15) is 0 Å². The first-order valence-electron chi connectivity index (χ1n) is 39.0. The van der Waals surface area contributed by atoms with Crippen molar-refractivity contribution < 1.29 is 65.3 Å². The van der Waals surface area contributed by atoms with E-state index in [0.29, 0.717) is 67.3 Å². The lowest BCUT2D eigenvalue weighted by Crippen LogP contribution is -2.43. The Morgan fingerprint density at radius 1 is 0.263 bits per heavy atom. The molecule has 0 spiro atoms. The summed E-state index contributed by atoms with van der Waals surface area (Å²) < 4.78 is 16.6. The Balaban J connectivity index is -0.000000107. The molecule has 13 nitrogen and oxygen atoms in total. The molecule has 0 bridgehead atoms. The van der Waals surface area contributed by atoms with E-state index in [1.54, 1.807) is 13.8 Å². The SMILES string of the molecule is CC.CC.CCC(C)C(C)C(C)C(O)CC.CCC(C)OCC(C)C.CCC(C)OCC(C)OCC(C)C.CCC(CC)(CC)CC.CCC(CC)(CC)CO.CCC(CC)(CO)CO.CCC(O)C(C)C(C)C(O)CC.CCC(O)C(O)C(O)C(O)CC.c1ccccc1. The van der Waals surface area contributed by atoms with Crippen LogP contribution in [0.25, 0.3) is 0 Å². The van der Waals surface area contributed by atoms with Crippen molar-refractivity contribution in [3.8, 4) is 0 Å². The minimum Gasteiger partial charge on any atom is -0.396 e. The maximum Gasteiger partial charge on any atom is 0.108 e. The van der Waals surface area contributed by atoms with Gasteiger partial charge in [0.1, 0.15) is 12.2 Å². The molecule has 584 valence electrons. The molecule has 15 atom stereocenters. The predicted octanol–water partition coefficient (Wildman–Crippen LogP) is 19.8. The molecule has 0 heterocycles. The van der Waals surface area contributed by atoms with Gasteiger partial charge in [-0.1, -0.05) is 276 Å². The number of aliphatic hydroxyl groups excluding tert-OH is 10. The molecule has 10 N–H and O–H groups in total. The molecule has 15 unspecified atom stereocenters. The van der Waals surface area contributed by atoms with Crippen LogP contribution in [0.5, 0.6) is 0 Å². The molecule has 0 aromatic heterocycles. The number of aliphatic hydroxyl groups is 10. The highest BCUT2D eigenvalue weighted by molar-refractivity contribution is 4.99. The average Bonchev–Trinajstić information content (AvgIpc) is 1.54. The molecule has 0 saturated heterocycles. The van der Waals surface area contributed by atoms with Gasteiger partial charge in [0, 0.05) is 25.2 Å². The smallest absolute Gasteiger partial charge is 0.108 e. The first kappa shape index (κ1) is 115. The fraction of sp³-hybridized carbons (Fsp3) is 0.927. The van der Waals surface area contributed by atoms with Crippen LogP contribution in [-0.4, -0.2) is 152 Å². The van der Waals surface area contributed by atoms with Crippen LogP contribution < -0.4 is 0 Å². The van der Waals surface area contributed by atoms with Crippen LogP contribution in [0.3, 0.4) is 0 Å². The first-order chi connectivity index (χ1) is 44.6. The van der Waals surface area contributed by atoms with Crippen molar-refractivity contribution in [2.45, 2.75) is 399 Å². The minimum absolute atomic E-state index is 0.0938. The summed E-state index contributed by atoms with van der Waals surface area (Å²) in [7, 11) is 0. The van der Waals surface area contributed by atoms with E-state index in [1.807, 2.05) is 113 Å². The first-order valence-corrected chi connectivity index (χ1v) is 39.0. The lowest BCUT2D eigenvalue weighted by atomic mass is 9.78. The predicted molar refractivity (Wildman–Crippen MR) is 416 cm³/mol. The van der Waals surface area contributed by atoms with Crippen molar-refractivity contribution in [2.75, 3.05) is 39.6 Å². The van der Waals surface area contributed by atoms with E-state index < -0.39 is 24.4 Å². The topological polar surface area (TPSA) is 230 Å². The van der Waals surface area contributed by atoms with Crippen LogP contribution in [0.1, 0.15) is 338 Å². The number of ether oxygens (including phenoxy) is 3. The lowest BCUT2D eigenvalue weighted by Gasteiger charge is -2.28. The molecule has 0 fully saturated rings. The van der Waals surface area contributed by atoms with Gasteiger partial charge in [-0.05, 0) is 150 Å². The van der Waals surface area contributed by atoms with E-state index in [-0.39, 0.29) is 60.3 Å². The third-order valence-corrected chi connectivity index (χ3v) is 19.9. The highest BCUT2D eigenvalue weighted by atomic mass is 16.5. The lowest BCUT2D eigenvalue weighted by molar-refractivity contribution is -0.105. The summed E-state index contributed by atoms with van der Waals surface area (Å²) in [6.07, 6.45) is 12.7. The van der Waals surface area contributed by atoms with Crippen molar-refractivity contribution >= 4 is 0 Å². The normalized spacial score (nSPS) is 15.8. The number of hydrogen-bond donors (Lipinski definition) is 10. The van der Waals surface area contributed by atoms with Gasteiger partial charge in [-0.15, -0.1) is 0 Å². The largest absolute Gasteiger partial charge is 0.396 e. The fourth-order valence-electron chi connectivity index (χ4n) is 9.01. The van der Waals surface area contributed by atoms with Crippen LogP contribution in [-0.2, 0) is 14.2 Å². The fourth-order valence-corrected chi connectivity index (χ4v) is 9.01. The van der Waals surface area contributed by atoms with Crippen molar-refractivity contribution in [2.24, 2.45) is 57.7 Å². The summed E-state index contributed by atoms with van der Waals surface area (Å²) in [6.45, 7) is 72.0. The quantitative estimate of drug-likeness (QED) is 0.0297. The molecular formula is C82H178O13. The summed E-state index contributed by atoms with van der Waals surface area (Å²) in [5.41, 5.74) is 0.667. The molecule has 0 radical (unpaired) electrons. The Labute approximate surface area is 595 Å². The summed E-state index contributed by atoms with van der Waals surface area (Å²) >= 11 is 0. The monoisotopic (exact) mass is 1370 g/mol. The van der Waals surface area contributed by atoms with E-state index in [2.05, 4.69) is 138 Å². The van der Waals surface area contributed by atoms with E-state index >= 15 is 0 Å². The molecule has 1 aromatic carbocycles. The zero-order valence-electron chi connectivity index (χ0n) is 69.7. The van der Waals surface area contributed by atoms with Gasteiger partial charge in [0.05, 0.1) is 68.7 Å². The Kier molecular flexibility index (Phi) is 94.9. The second-order valence-corrected chi connectivity index (χ2v) is 27.0. The van der Waals surface area contributed by atoms with Crippen LogP contribution >= 0.6 is 0 Å². The van der Waals surface area contributed by atoms with E-state index in [9.17, 15) is 25.5 Å². The second kappa shape index (κ2) is 78.4. The van der Waals surface area contributed by atoms with Gasteiger partial charge >= 0.3 is 0 Å². The minimum atomic E-state index is -1.26. The highest BCUT2D eigenvalue weighted by Gasteiger charge is 2.29. The van der Waals surface area contributed by atoms with Gasteiger partial charge < -0.3 is 65.3 Å². The Hall–Kier alpha value is -1.30. The molecule has 1 rings (SSSR count). The molecule has 0 saturated carbocycles. The van der Waals surface area contributed by atoms with Gasteiger partial charge in [0.15, 0.2) is 0 Å². The van der Waals surface area contributed by atoms with E-state index in [1.165, 1.54) is 32.1 Å². The van der Waals surface area contributed by atoms with Gasteiger partial charge in [0.25, 0.3) is 0 Å². The Morgan fingerprint density at radius 3 is 0.642 bits per heavy atom. The number of hydrogen-bond acceptors (Lipinski definition) is 13.